The molecule has 0 saturated carbocycles. The van der Waals surface area contributed by atoms with Gasteiger partial charge in [0.25, 0.3) is 5.91 Å². The minimum Gasteiger partial charge on any atom is -0.493 e. The van der Waals surface area contributed by atoms with Gasteiger partial charge in [0.15, 0.2) is 23.9 Å². The van der Waals surface area contributed by atoms with Crippen LogP contribution in [0, 0.1) is 0 Å². The van der Waals surface area contributed by atoms with Crippen molar-refractivity contribution in [1.82, 2.24) is 4.90 Å². The number of benzene rings is 2. The number of ether oxygens (including phenoxy) is 4. The third kappa shape index (κ3) is 4.48. The number of carbonyl (C=O) groups excluding carboxylic acids is 2. The van der Waals surface area contributed by atoms with Gasteiger partial charge in [0.2, 0.25) is 5.78 Å². The molecule has 2 aliphatic heterocycles. The molecule has 0 aromatic heterocycles. The van der Waals surface area contributed by atoms with Gasteiger partial charge in [0.1, 0.15) is 17.5 Å². The van der Waals surface area contributed by atoms with Crippen LogP contribution in [0.5, 0.6) is 23.0 Å². The predicted molar refractivity (Wildman–Crippen MR) is 117 cm³/mol. The molecule has 2 aromatic rings. The lowest BCUT2D eigenvalue weighted by Gasteiger charge is -2.21. The topological polar surface area (TPSA) is 112 Å². The Balaban J connectivity index is 1.45. The van der Waals surface area contributed by atoms with Crippen molar-refractivity contribution in [1.29, 1.82) is 0 Å². The average Bonchev–Trinajstić information content (AvgIpc) is 3.43. The highest BCUT2D eigenvalue weighted by Gasteiger charge is 2.34. The minimum absolute atomic E-state index is 0.145. The van der Waals surface area contributed by atoms with E-state index in [2.05, 4.69) is 0 Å². The van der Waals surface area contributed by atoms with Gasteiger partial charge >= 0.3 is 5.97 Å². The quantitative estimate of drug-likeness (QED) is 0.637. The van der Waals surface area contributed by atoms with Crippen molar-refractivity contribution in [3.8, 4) is 23.0 Å². The molecular weight excluding hydrogens is 430 g/mol. The number of ketones is 1. The molecule has 9 heteroatoms. The lowest BCUT2D eigenvalue weighted by molar-refractivity contribution is -0.148. The summed E-state index contributed by atoms with van der Waals surface area (Å²) in [6, 6.07) is 9.11. The van der Waals surface area contributed by atoms with Crippen molar-refractivity contribution in [2.24, 2.45) is 0 Å². The van der Waals surface area contributed by atoms with Gasteiger partial charge in [-0.05, 0) is 48.7 Å². The molecule has 2 aromatic carbocycles. The molecule has 9 nitrogen and oxygen atoms in total. The van der Waals surface area contributed by atoms with Gasteiger partial charge < -0.3 is 29.0 Å². The van der Waals surface area contributed by atoms with Crippen LogP contribution < -0.4 is 18.9 Å². The summed E-state index contributed by atoms with van der Waals surface area (Å²) in [7, 11) is 3.07. The number of methoxy groups -OCH3 is 2. The van der Waals surface area contributed by atoms with Crippen LogP contribution in [-0.4, -0.2) is 61.1 Å². The highest BCUT2D eigenvalue weighted by Crippen LogP contribution is 2.36. The second-order valence-electron chi connectivity index (χ2n) is 7.58. The second-order valence-corrected chi connectivity index (χ2v) is 7.58. The molecule has 0 unspecified atom stereocenters. The Morgan fingerprint density at radius 2 is 1.94 bits per heavy atom. The van der Waals surface area contributed by atoms with Gasteiger partial charge in [0, 0.05) is 12.6 Å². The zero-order valence-electron chi connectivity index (χ0n) is 18.2. The van der Waals surface area contributed by atoms with E-state index in [1.54, 1.807) is 43.5 Å². The number of fused-ring (bicyclic) bond motifs is 1. The van der Waals surface area contributed by atoms with Gasteiger partial charge in [-0.2, -0.15) is 0 Å². The van der Waals surface area contributed by atoms with Crippen molar-refractivity contribution >= 4 is 23.7 Å². The molecule has 4 rings (SSSR count). The minimum atomic E-state index is -1.01. The third-order valence-electron chi connectivity index (χ3n) is 5.57. The third-order valence-corrected chi connectivity index (χ3v) is 5.57. The number of hydrogen-bond donors (Lipinski definition) is 1. The van der Waals surface area contributed by atoms with Crippen molar-refractivity contribution in [2.45, 2.75) is 18.9 Å². The molecule has 172 valence electrons. The van der Waals surface area contributed by atoms with Crippen LogP contribution in [-0.2, 0) is 9.59 Å². The number of carbonyl (C=O) groups is 3. The van der Waals surface area contributed by atoms with Crippen molar-refractivity contribution in [3.05, 3.63) is 53.3 Å². The Kier molecular flexibility index (Phi) is 6.21. The summed E-state index contributed by atoms with van der Waals surface area (Å²) in [6.45, 7) is 0.0934. The number of carboxylic acid groups (broad SMARTS) is 1. The standard InChI is InChI=1S/C24H23NO8/c1-30-18-8-5-14(10-20(18)31-2)11-21-23(27)16-7-6-15(12-19(16)33-21)32-13-22(26)25-9-3-4-17(25)24(28)29/h5-8,10-12,17H,3-4,9,13H2,1-2H3,(H,28,29)/t17-/m0/s1. The molecule has 33 heavy (non-hydrogen) atoms. The number of allylic oxidation sites excluding steroid dienone is 1. The van der Waals surface area contributed by atoms with Gasteiger partial charge in [-0.3, -0.25) is 9.59 Å². The first kappa shape index (κ1) is 22.2. The first-order valence-corrected chi connectivity index (χ1v) is 10.4. The number of carboxylic acids is 1. The van der Waals surface area contributed by atoms with E-state index < -0.39 is 17.9 Å². The number of amides is 1. The molecule has 1 amide bonds. The first-order valence-electron chi connectivity index (χ1n) is 10.4. The monoisotopic (exact) mass is 453 g/mol. The molecule has 1 N–H and O–H groups in total. The lowest BCUT2D eigenvalue weighted by atomic mass is 10.1. The molecule has 1 atom stereocenters. The molecule has 0 radical (unpaired) electrons. The van der Waals surface area contributed by atoms with Crippen LogP contribution in [0.3, 0.4) is 0 Å². The Labute approximate surface area is 190 Å². The maximum absolute atomic E-state index is 12.7. The van der Waals surface area contributed by atoms with Crippen LogP contribution in [0.15, 0.2) is 42.2 Å². The zero-order chi connectivity index (χ0) is 23.5. The van der Waals surface area contributed by atoms with Gasteiger partial charge in [-0.1, -0.05) is 6.07 Å². The van der Waals surface area contributed by atoms with E-state index in [0.29, 0.717) is 53.5 Å². The van der Waals surface area contributed by atoms with E-state index in [4.69, 9.17) is 18.9 Å². The molecule has 2 aliphatic rings. The fraction of sp³-hybridized carbons (Fsp3) is 0.292. The van der Waals surface area contributed by atoms with E-state index in [9.17, 15) is 19.5 Å². The summed E-state index contributed by atoms with van der Waals surface area (Å²) < 4.78 is 21.8. The molecular formula is C24H23NO8. The van der Waals surface area contributed by atoms with Crippen LogP contribution >= 0.6 is 0 Å². The maximum Gasteiger partial charge on any atom is 0.326 e. The summed E-state index contributed by atoms with van der Waals surface area (Å²) >= 11 is 0. The lowest BCUT2D eigenvalue weighted by Crippen LogP contribution is -2.42. The van der Waals surface area contributed by atoms with E-state index in [1.165, 1.54) is 18.1 Å². The number of hydrogen-bond acceptors (Lipinski definition) is 7. The van der Waals surface area contributed by atoms with Crippen LogP contribution in [0.1, 0.15) is 28.8 Å². The van der Waals surface area contributed by atoms with E-state index >= 15 is 0 Å². The largest absolute Gasteiger partial charge is 0.493 e. The molecule has 0 bridgehead atoms. The number of Topliss-reactive ketones (excluding diaryl/α,β-unsaturated/α-hetero) is 1. The number of likely N-dealkylation sites (tertiary alicyclic amines) is 1. The summed E-state index contributed by atoms with van der Waals surface area (Å²) in [5.41, 5.74) is 1.08. The molecule has 2 heterocycles. The summed E-state index contributed by atoms with van der Waals surface area (Å²) in [5.74, 6) is 0.218. The fourth-order valence-electron chi connectivity index (χ4n) is 3.90. The smallest absolute Gasteiger partial charge is 0.326 e. The van der Waals surface area contributed by atoms with E-state index in [-0.39, 0.29) is 18.1 Å². The van der Waals surface area contributed by atoms with Crippen molar-refractivity contribution in [2.75, 3.05) is 27.4 Å². The van der Waals surface area contributed by atoms with Crippen molar-refractivity contribution in [3.63, 3.8) is 0 Å². The molecule has 0 spiro atoms. The summed E-state index contributed by atoms with van der Waals surface area (Å²) in [6.07, 6.45) is 2.69. The first-order chi connectivity index (χ1) is 15.9. The van der Waals surface area contributed by atoms with E-state index in [1.807, 2.05) is 0 Å². The molecule has 0 aliphatic carbocycles. The number of rotatable bonds is 7. The number of aliphatic carboxylic acids is 1. The summed E-state index contributed by atoms with van der Waals surface area (Å²) in [5, 5.41) is 9.23. The molecule has 1 saturated heterocycles. The zero-order valence-corrected chi connectivity index (χ0v) is 18.2. The SMILES string of the molecule is COc1ccc(C=C2Oc3cc(OCC(=O)N4CCC[C@H]4C(=O)O)ccc3C2=O)cc1OC. The maximum atomic E-state index is 12.7. The van der Waals surface area contributed by atoms with E-state index in [0.717, 1.165) is 0 Å². The highest BCUT2D eigenvalue weighted by molar-refractivity contribution is 6.14. The van der Waals surface area contributed by atoms with Gasteiger partial charge in [-0.15, -0.1) is 0 Å². The number of nitrogens with zero attached hydrogens (tertiary/aromatic N) is 1. The Bertz CT molecular complexity index is 1140. The Morgan fingerprint density at radius 3 is 2.67 bits per heavy atom. The second kappa shape index (κ2) is 9.23. The predicted octanol–water partition coefficient (Wildman–Crippen LogP) is 2.77. The average molecular weight is 453 g/mol. The van der Waals surface area contributed by atoms with Crippen molar-refractivity contribution < 1.29 is 38.4 Å². The van der Waals surface area contributed by atoms with Gasteiger partial charge in [-0.25, -0.2) is 4.79 Å². The fourth-order valence-corrected chi connectivity index (χ4v) is 3.90. The van der Waals surface area contributed by atoms with Gasteiger partial charge in [0.05, 0.1) is 19.8 Å². The normalized spacial score (nSPS) is 18.1. The summed E-state index contributed by atoms with van der Waals surface area (Å²) in [4.78, 5) is 37.7. The molecule has 1 fully saturated rings. The Morgan fingerprint density at radius 1 is 1.15 bits per heavy atom. The Hall–Kier alpha value is -4.01. The van der Waals surface area contributed by atoms with Crippen LogP contribution in [0.2, 0.25) is 0 Å². The van der Waals surface area contributed by atoms with Crippen LogP contribution in [0.25, 0.3) is 6.08 Å². The highest BCUT2D eigenvalue weighted by atomic mass is 16.5. The van der Waals surface area contributed by atoms with Crippen LogP contribution in [0.4, 0.5) is 0 Å².